The van der Waals surface area contributed by atoms with Gasteiger partial charge in [0, 0.05) is 31.0 Å². The maximum absolute atomic E-state index is 13.0. The molecule has 0 aromatic carbocycles. The van der Waals surface area contributed by atoms with Crippen molar-refractivity contribution in [2.45, 2.75) is 77.7 Å². The summed E-state index contributed by atoms with van der Waals surface area (Å²) in [5.41, 5.74) is -0.197. The van der Waals surface area contributed by atoms with Gasteiger partial charge in [0.15, 0.2) is 0 Å². The van der Waals surface area contributed by atoms with Crippen molar-refractivity contribution in [3.63, 3.8) is 0 Å². The number of hydrogen-bond acceptors (Lipinski definition) is 3. The molecule has 5 aliphatic rings. The van der Waals surface area contributed by atoms with Crippen molar-refractivity contribution in [1.29, 1.82) is 0 Å². The molecular weight excluding hydrogens is 366 g/mol. The molecule has 4 saturated carbocycles. The predicted octanol–water partition coefficient (Wildman–Crippen LogP) is 2.47. The zero-order chi connectivity index (χ0) is 20.6. The normalized spacial score (nSPS) is 33.8. The van der Waals surface area contributed by atoms with Crippen molar-refractivity contribution in [3.05, 3.63) is 0 Å². The molecule has 0 radical (unpaired) electrons. The largest absolute Gasteiger partial charge is 0.352 e. The van der Waals surface area contributed by atoms with Gasteiger partial charge in [-0.25, -0.2) is 0 Å². The first-order chi connectivity index (χ1) is 13.8. The van der Waals surface area contributed by atoms with E-state index >= 15 is 0 Å². The molecule has 6 nitrogen and oxygen atoms in total. The van der Waals surface area contributed by atoms with Gasteiger partial charge in [0.2, 0.25) is 17.7 Å². The van der Waals surface area contributed by atoms with Crippen LogP contribution in [0.2, 0.25) is 0 Å². The highest BCUT2D eigenvalue weighted by Gasteiger charge is 2.54. The van der Waals surface area contributed by atoms with Gasteiger partial charge in [-0.1, -0.05) is 13.8 Å². The van der Waals surface area contributed by atoms with Gasteiger partial charge in [0.05, 0.1) is 6.54 Å². The lowest BCUT2D eigenvalue weighted by Crippen LogP contribution is -2.55. The number of amides is 3. The number of carbonyl (C=O) groups is 3. The van der Waals surface area contributed by atoms with E-state index in [0.717, 1.165) is 49.9 Å². The average molecular weight is 404 g/mol. The zero-order valence-electron chi connectivity index (χ0n) is 18.0. The summed E-state index contributed by atoms with van der Waals surface area (Å²) >= 11 is 0. The Bertz CT molecular complexity index is 616. The molecule has 5 rings (SSSR count). The molecule has 1 heterocycles. The first-order valence-corrected chi connectivity index (χ1v) is 11.7. The van der Waals surface area contributed by atoms with Crippen LogP contribution in [-0.4, -0.2) is 48.3 Å². The Hall–Kier alpha value is -1.59. The number of carbonyl (C=O) groups excluding carboxylic acids is 3. The Morgan fingerprint density at radius 1 is 0.966 bits per heavy atom. The van der Waals surface area contributed by atoms with Crippen molar-refractivity contribution in [2.24, 2.45) is 29.1 Å². The van der Waals surface area contributed by atoms with E-state index in [1.165, 1.54) is 19.3 Å². The Balaban J connectivity index is 1.19. The predicted molar refractivity (Wildman–Crippen MR) is 111 cm³/mol. The van der Waals surface area contributed by atoms with Crippen molar-refractivity contribution in [2.75, 3.05) is 19.6 Å². The van der Waals surface area contributed by atoms with Crippen molar-refractivity contribution in [1.82, 2.24) is 15.5 Å². The van der Waals surface area contributed by atoms with Crippen LogP contribution in [0.4, 0.5) is 0 Å². The highest BCUT2D eigenvalue weighted by Crippen LogP contribution is 2.60. The number of piperidine rings is 1. The van der Waals surface area contributed by atoms with Gasteiger partial charge < -0.3 is 15.5 Å². The number of rotatable bonds is 6. The minimum atomic E-state index is -0.197. The van der Waals surface area contributed by atoms with Crippen LogP contribution in [0.1, 0.15) is 71.6 Å². The van der Waals surface area contributed by atoms with E-state index in [-0.39, 0.29) is 35.7 Å². The molecule has 5 fully saturated rings. The van der Waals surface area contributed by atoms with E-state index in [4.69, 9.17) is 0 Å². The molecule has 1 aliphatic heterocycles. The van der Waals surface area contributed by atoms with Gasteiger partial charge in [-0.15, -0.1) is 0 Å². The Morgan fingerprint density at radius 3 is 2.03 bits per heavy atom. The van der Waals surface area contributed by atoms with Gasteiger partial charge in [-0.05, 0) is 75.0 Å². The van der Waals surface area contributed by atoms with Crippen LogP contribution >= 0.6 is 0 Å². The van der Waals surface area contributed by atoms with Crippen molar-refractivity contribution >= 4 is 17.7 Å². The van der Waals surface area contributed by atoms with Crippen molar-refractivity contribution in [3.8, 4) is 0 Å². The third kappa shape index (κ3) is 4.61. The minimum Gasteiger partial charge on any atom is -0.352 e. The molecule has 1 saturated heterocycles. The monoisotopic (exact) mass is 403 g/mol. The SMILES string of the molecule is CC(C)CC(=O)N1CCC(NC(=O)CNC(=O)C23CC4CC(CC(C4)C2)C3)CC1. The topological polar surface area (TPSA) is 78.5 Å². The maximum Gasteiger partial charge on any atom is 0.239 e. The van der Waals surface area contributed by atoms with E-state index in [2.05, 4.69) is 24.5 Å². The summed E-state index contributed by atoms with van der Waals surface area (Å²) in [7, 11) is 0. The van der Waals surface area contributed by atoms with Crippen molar-refractivity contribution < 1.29 is 14.4 Å². The van der Waals surface area contributed by atoms with Gasteiger partial charge >= 0.3 is 0 Å². The molecule has 162 valence electrons. The fourth-order valence-electron chi connectivity index (χ4n) is 6.77. The molecule has 2 N–H and O–H groups in total. The summed E-state index contributed by atoms with van der Waals surface area (Å²) in [4.78, 5) is 39.4. The number of nitrogens with zero attached hydrogens (tertiary/aromatic N) is 1. The van der Waals surface area contributed by atoms with Crippen LogP contribution in [0.15, 0.2) is 0 Å². The number of likely N-dealkylation sites (tertiary alicyclic amines) is 1. The maximum atomic E-state index is 13.0. The summed E-state index contributed by atoms with van der Waals surface area (Å²) in [5, 5.41) is 6.02. The van der Waals surface area contributed by atoms with Gasteiger partial charge in [0.25, 0.3) is 0 Å². The quantitative estimate of drug-likeness (QED) is 0.715. The Labute approximate surface area is 174 Å². The second-order valence-corrected chi connectivity index (χ2v) is 10.7. The van der Waals surface area contributed by atoms with E-state index in [0.29, 0.717) is 25.4 Å². The van der Waals surface area contributed by atoms with E-state index < -0.39 is 0 Å². The second kappa shape index (κ2) is 8.27. The minimum absolute atomic E-state index is 0.0765. The van der Waals surface area contributed by atoms with Gasteiger partial charge in [-0.2, -0.15) is 0 Å². The van der Waals surface area contributed by atoms with Crippen LogP contribution in [0, 0.1) is 29.1 Å². The van der Waals surface area contributed by atoms with Gasteiger partial charge in [0.1, 0.15) is 0 Å². The second-order valence-electron chi connectivity index (χ2n) is 10.7. The van der Waals surface area contributed by atoms with Gasteiger partial charge in [-0.3, -0.25) is 14.4 Å². The molecule has 29 heavy (non-hydrogen) atoms. The lowest BCUT2D eigenvalue weighted by atomic mass is 9.49. The lowest BCUT2D eigenvalue weighted by molar-refractivity contribution is -0.147. The highest BCUT2D eigenvalue weighted by atomic mass is 16.2. The average Bonchev–Trinajstić information content (AvgIpc) is 2.65. The molecule has 4 bridgehead atoms. The highest BCUT2D eigenvalue weighted by molar-refractivity contribution is 5.88. The molecule has 0 atom stereocenters. The number of nitrogens with one attached hydrogen (secondary N) is 2. The van der Waals surface area contributed by atoms with E-state index in [1.807, 2.05) is 4.90 Å². The fourth-order valence-corrected chi connectivity index (χ4v) is 6.77. The zero-order valence-corrected chi connectivity index (χ0v) is 18.0. The number of hydrogen-bond donors (Lipinski definition) is 2. The van der Waals surface area contributed by atoms with Crippen LogP contribution in [0.5, 0.6) is 0 Å². The summed E-state index contributed by atoms with van der Waals surface area (Å²) in [6.07, 6.45) is 9.17. The molecule has 0 spiro atoms. The summed E-state index contributed by atoms with van der Waals surface area (Å²) in [6.45, 7) is 5.60. The van der Waals surface area contributed by atoms with E-state index in [9.17, 15) is 14.4 Å². The molecule has 0 aromatic heterocycles. The van der Waals surface area contributed by atoms with Crippen LogP contribution in [0.3, 0.4) is 0 Å². The third-order valence-electron chi connectivity index (χ3n) is 7.73. The first-order valence-electron chi connectivity index (χ1n) is 11.7. The standard InChI is InChI=1S/C23H37N3O3/c1-15(2)7-21(28)26-5-3-19(4-6-26)25-20(27)14-24-22(29)23-11-16-8-17(12-23)10-18(9-16)13-23/h15-19H,3-14H2,1-2H3,(H,24,29)(H,25,27). The van der Waals surface area contributed by atoms with E-state index in [1.54, 1.807) is 0 Å². The summed E-state index contributed by atoms with van der Waals surface area (Å²) in [5.74, 6) is 2.78. The summed E-state index contributed by atoms with van der Waals surface area (Å²) < 4.78 is 0. The Morgan fingerprint density at radius 2 is 1.52 bits per heavy atom. The molecule has 0 unspecified atom stereocenters. The molecule has 0 aromatic rings. The molecule has 6 heteroatoms. The van der Waals surface area contributed by atoms with Crippen LogP contribution < -0.4 is 10.6 Å². The third-order valence-corrected chi connectivity index (χ3v) is 7.73. The molecular formula is C23H37N3O3. The fraction of sp³-hybridized carbons (Fsp3) is 0.870. The Kier molecular flexibility index (Phi) is 5.90. The molecule has 4 aliphatic carbocycles. The lowest BCUT2D eigenvalue weighted by Gasteiger charge is -2.55. The first kappa shape index (κ1) is 20.7. The van der Waals surface area contributed by atoms with Crippen LogP contribution in [0.25, 0.3) is 0 Å². The van der Waals surface area contributed by atoms with Crippen LogP contribution in [-0.2, 0) is 14.4 Å². The summed E-state index contributed by atoms with van der Waals surface area (Å²) in [6, 6.07) is 0.0991. The molecule has 3 amide bonds. The smallest absolute Gasteiger partial charge is 0.239 e.